The van der Waals surface area contributed by atoms with Gasteiger partial charge in [0.1, 0.15) is 6.61 Å². The van der Waals surface area contributed by atoms with Crippen LogP contribution >= 0.6 is 11.3 Å². The Morgan fingerprint density at radius 1 is 1.14 bits per heavy atom. The van der Waals surface area contributed by atoms with Gasteiger partial charge < -0.3 is 4.74 Å². The molecule has 2 aromatic heterocycles. The first-order valence-electron chi connectivity index (χ1n) is 8.55. The molecule has 0 saturated carbocycles. The summed E-state index contributed by atoms with van der Waals surface area (Å²) >= 11 is 1.24. The summed E-state index contributed by atoms with van der Waals surface area (Å²) in [5.41, 5.74) is 2.82. The maximum absolute atomic E-state index is 13.5. The van der Waals surface area contributed by atoms with Crippen LogP contribution in [0.1, 0.15) is 11.1 Å². The largest absolute Gasteiger partial charge is 0.465 e. The van der Waals surface area contributed by atoms with Gasteiger partial charge in [-0.1, -0.05) is 23.5 Å². The third-order valence-electron chi connectivity index (χ3n) is 4.37. The van der Waals surface area contributed by atoms with Crippen molar-refractivity contribution in [3.05, 3.63) is 75.0 Å². The lowest BCUT2D eigenvalue weighted by atomic mass is 10.1. The number of aromatic nitrogens is 5. The topological polar surface area (TPSA) is 74.8 Å². The van der Waals surface area contributed by atoms with Gasteiger partial charge in [0.15, 0.2) is 11.6 Å². The minimum Gasteiger partial charge on any atom is -0.465 e. The number of rotatable bonds is 5. The predicted molar refractivity (Wildman–Crippen MR) is 103 cm³/mol. The van der Waals surface area contributed by atoms with Crippen molar-refractivity contribution in [1.82, 2.24) is 24.8 Å². The van der Waals surface area contributed by atoms with Gasteiger partial charge in [0.25, 0.3) is 5.19 Å². The first-order valence-corrected chi connectivity index (χ1v) is 9.43. The highest BCUT2D eigenvalue weighted by Gasteiger charge is 2.15. The van der Waals surface area contributed by atoms with E-state index < -0.39 is 11.6 Å². The number of thiazole rings is 1. The minimum absolute atomic E-state index is 0.149. The summed E-state index contributed by atoms with van der Waals surface area (Å²) in [5.74, 6) is -1.84. The van der Waals surface area contributed by atoms with Crippen molar-refractivity contribution in [2.75, 3.05) is 0 Å². The van der Waals surface area contributed by atoms with Crippen LogP contribution in [0, 0.1) is 18.6 Å². The average molecular weight is 415 g/mol. The van der Waals surface area contributed by atoms with E-state index in [-0.39, 0.29) is 12.3 Å². The fourth-order valence-corrected chi connectivity index (χ4v) is 3.46. The SMILES string of the molecule is Cc1cccc(-n2nnn(C)c2=O)c1COc1nc(-c2ccc(F)c(F)c2)cs1. The Balaban J connectivity index is 1.59. The molecule has 0 N–H and O–H groups in total. The summed E-state index contributed by atoms with van der Waals surface area (Å²) in [4.78, 5) is 16.5. The molecule has 0 amide bonds. The van der Waals surface area contributed by atoms with E-state index in [2.05, 4.69) is 15.4 Å². The van der Waals surface area contributed by atoms with Gasteiger partial charge in [-0.3, -0.25) is 0 Å². The van der Waals surface area contributed by atoms with E-state index in [4.69, 9.17) is 4.74 Å². The molecule has 10 heteroatoms. The van der Waals surface area contributed by atoms with Crippen LogP contribution in [0.4, 0.5) is 8.78 Å². The molecule has 2 heterocycles. The highest BCUT2D eigenvalue weighted by molar-refractivity contribution is 7.11. The Labute approximate surface area is 167 Å². The Hall–Kier alpha value is -3.40. The number of tetrazole rings is 1. The Kier molecular flexibility index (Phi) is 4.93. The van der Waals surface area contributed by atoms with E-state index in [1.807, 2.05) is 19.1 Å². The molecule has 0 aliphatic heterocycles. The third-order valence-corrected chi connectivity index (χ3v) is 5.13. The zero-order valence-corrected chi connectivity index (χ0v) is 16.3. The number of benzene rings is 2. The second-order valence-corrected chi connectivity index (χ2v) is 7.11. The van der Waals surface area contributed by atoms with Crippen molar-refractivity contribution in [3.8, 4) is 22.1 Å². The fraction of sp³-hybridized carbons (Fsp3) is 0.158. The van der Waals surface area contributed by atoms with Gasteiger partial charge in [0, 0.05) is 23.6 Å². The predicted octanol–water partition coefficient (Wildman–Crippen LogP) is 3.26. The summed E-state index contributed by atoms with van der Waals surface area (Å²) in [6.07, 6.45) is 0. The standard InChI is InChI=1S/C19H15F2N5O2S/c1-11-4-3-5-17(26-19(27)25(2)23-24-26)13(11)9-28-18-22-16(10-29-18)12-6-7-14(20)15(21)8-12/h3-8,10H,9H2,1-2H3. The highest BCUT2D eigenvalue weighted by Crippen LogP contribution is 2.28. The Morgan fingerprint density at radius 2 is 1.97 bits per heavy atom. The van der Waals surface area contributed by atoms with Gasteiger partial charge in [-0.25, -0.2) is 18.6 Å². The number of aryl methyl sites for hydroxylation is 2. The summed E-state index contributed by atoms with van der Waals surface area (Å²) in [7, 11) is 1.52. The zero-order valence-electron chi connectivity index (χ0n) is 15.5. The maximum atomic E-state index is 13.5. The molecular formula is C19H15F2N5O2S. The van der Waals surface area contributed by atoms with Crippen LogP contribution < -0.4 is 10.4 Å². The number of hydrogen-bond acceptors (Lipinski definition) is 6. The van der Waals surface area contributed by atoms with Crippen LogP contribution in [0.2, 0.25) is 0 Å². The van der Waals surface area contributed by atoms with Crippen LogP contribution in [0.25, 0.3) is 16.9 Å². The minimum atomic E-state index is -0.933. The number of nitrogens with zero attached hydrogens (tertiary/aromatic N) is 5. The second kappa shape index (κ2) is 7.55. The number of ether oxygens (including phenoxy) is 1. The van der Waals surface area contributed by atoms with Crippen molar-refractivity contribution in [2.24, 2.45) is 7.05 Å². The molecule has 0 atom stereocenters. The zero-order chi connectivity index (χ0) is 20.5. The quantitative estimate of drug-likeness (QED) is 0.500. The summed E-state index contributed by atoms with van der Waals surface area (Å²) in [6.45, 7) is 2.05. The van der Waals surface area contributed by atoms with E-state index in [1.54, 1.807) is 11.4 Å². The van der Waals surface area contributed by atoms with Gasteiger partial charge in [-0.2, -0.15) is 9.36 Å². The molecule has 29 heavy (non-hydrogen) atoms. The lowest BCUT2D eigenvalue weighted by molar-refractivity contribution is 0.303. The molecule has 0 aliphatic rings. The smallest absolute Gasteiger partial charge is 0.368 e. The lowest BCUT2D eigenvalue weighted by Crippen LogP contribution is -2.23. The first-order chi connectivity index (χ1) is 13.9. The molecule has 0 radical (unpaired) electrons. The van der Waals surface area contributed by atoms with Crippen molar-refractivity contribution >= 4 is 11.3 Å². The molecule has 2 aromatic carbocycles. The molecule has 0 spiro atoms. The van der Waals surface area contributed by atoms with Crippen molar-refractivity contribution < 1.29 is 13.5 Å². The molecule has 0 fully saturated rings. The molecule has 0 saturated heterocycles. The van der Waals surface area contributed by atoms with Crippen molar-refractivity contribution in [2.45, 2.75) is 13.5 Å². The van der Waals surface area contributed by atoms with Crippen LogP contribution in [-0.2, 0) is 13.7 Å². The van der Waals surface area contributed by atoms with Crippen molar-refractivity contribution in [3.63, 3.8) is 0 Å². The van der Waals surface area contributed by atoms with Crippen LogP contribution in [0.3, 0.4) is 0 Å². The molecule has 0 aliphatic carbocycles. The summed E-state index contributed by atoms with van der Waals surface area (Å²) in [5, 5.41) is 9.69. The molecule has 0 unspecified atom stereocenters. The van der Waals surface area contributed by atoms with E-state index in [1.165, 1.54) is 29.1 Å². The van der Waals surface area contributed by atoms with Crippen LogP contribution in [0.15, 0.2) is 46.6 Å². The lowest BCUT2D eigenvalue weighted by Gasteiger charge is -2.11. The summed E-state index contributed by atoms with van der Waals surface area (Å²) in [6, 6.07) is 9.09. The maximum Gasteiger partial charge on any atom is 0.368 e. The summed E-state index contributed by atoms with van der Waals surface area (Å²) < 4.78 is 34.7. The second-order valence-electron chi connectivity index (χ2n) is 6.29. The van der Waals surface area contributed by atoms with Gasteiger partial charge in [-0.15, -0.1) is 0 Å². The van der Waals surface area contributed by atoms with Gasteiger partial charge in [-0.05, 0) is 47.2 Å². The molecule has 4 aromatic rings. The van der Waals surface area contributed by atoms with Gasteiger partial charge in [0.2, 0.25) is 0 Å². The third kappa shape index (κ3) is 3.66. The highest BCUT2D eigenvalue weighted by atomic mass is 32.1. The number of hydrogen-bond donors (Lipinski definition) is 0. The van der Waals surface area contributed by atoms with Gasteiger partial charge in [0.05, 0.1) is 11.4 Å². The van der Waals surface area contributed by atoms with Crippen LogP contribution in [0.5, 0.6) is 5.19 Å². The molecule has 4 rings (SSSR count). The first kappa shape index (κ1) is 18.9. The number of halogens is 2. The molecule has 7 nitrogen and oxygen atoms in total. The molecular weight excluding hydrogens is 400 g/mol. The van der Waals surface area contributed by atoms with E-state index in [0.29, 0.717) is 22.1 Å². The fourth-order valence-electron chi connectivity index (χ4n) is 2.78. The normalized spacial score (nSPS) is 11.0. The van der Waals surface area contributed by atoms with Crippen molar-refractivity contribution in [1.29, 1.82) is 0 Å². The van der Waals surface area contributed by atoms with E-state index in [0.717, 1.165) is 27.9 Å². The van der Waals surface area contributed by atoms with Crippen LogP contribution in [-0.4, -0.2) is 24.8 Å². The average Bonchev–Trinajstić information content (AvgIpc) is 3.30. The monoisotopic (exact) mass is 415 g/mol. The van der Waals surface area contributed by atoms with E-state index in [9.17, 15) is 13.6 Å². The van der Waals surface area contributed by atoms with E-state index >= 15 is 0 Å². The Morgan fingerprint density at radius 3 is 2.69 bits per heavy atom. The molecule has 0 bridgehead atoms. The van der Waals surface area contributed by atoms with Gasteiger partial charge >= 0.3 is 5.69 Å². The Bertz CT molecular complexity index is 1250. The molecule has 148 valence electrons.